The number of aryl methyl sites for hydroxylation is 1. The standard InChI is InChI=1S/C15H12F2N2O2S2/c1-2-19-13-8-5-11(17)9-14(13)22-15(19)18-23(20,21)12-6-3-10(16)4-7-12/h3-9H,2H2,1H3/b18-15-. The Labute approximate surface area is 135 Å². The predicted octanol–water partition coefficient (Wildman–Crippen LogP) is 3.29. The van der Waals surface area contributed by atoms with Crippen LogP contribution < -0.4 is 4.80 Å². The van der Waals surface area contributed by atoms with Gasteiger partial charge in [-0.05, 0) is 49.4 Å². The maximum Gasteiger partial charge on any atom is 0.285 e. The Morgan fingerprint density at radius 3 is 2.39 bits per heavy atom. The van der Waals surface area contributed by atoms with E-state index in [1.165, 1.54) is 12.1 Å². The van der Waals surface area contributed by atoms with E-state index in [-0.39, 0.29) is 9.70 Å². The highest BCUT2D eigenvalue weighted by Crippen LogP contribution is 2.19. The summed E-state index contributed by atoms with van der Waals surface area (Å²) in [5.74, 6) is -0.917. The van der Waals surface area contributed by atoms with Crippen LogP contribution in [-0.2, 0) is 16.6 Å². The summed E-state index contributed by atoms with van der Waals surface area (Å²) in [6, 6.07) is 8.71. The van der Waals surface area contributed by atoms with Crippen LogP contribution >= 0.6 is 11.3 Å². The van der Waals surface area contributed by atoms with Gasteiger partial charge in [-0.25, -0.2) is 8.78 Å². The molecule has 0 amide bonds. The van der Waals surface area contributed by atoms with Crippen molar-refractivity contribution in [2.45, 2.75) is 18.4 Å². The van der Waals surface area contributed by atoms with E-state index in [0.717, 1.165) is 35.6 Å². The third kappa shape index (κ3) is 3.04. The van der Waals surface area contributed by atoms with E-state index in [1.807, 2.05) is 6.92 Å². The molecule has 0 saturated heterocycles. The van der Waals surface area contributed by atoms with Crippen LogP contribution in [0.4, 0.5) is 8.78 Å². The van der Waals surface area contributed by atoms with Crippen molar-refractivity contribution in [1.82, 2.24) is 4.57 Å². The number of rotatable bonds is 3. The first-order valence-electron chi connectivity index (χ1n) is 6.76. The maximum absolute atomic E-state index is 13.3. The van der Waals surface area contributed by atoms with Crippen molar-refractivity contribution in [3.05, 3.63) is 58.9 Å². The summed E-state index contributed by atoms with van der Waals surface area (Å²) in [4.78, 5) is 0.155. The van der Waals surface area contributed by atoms with Gasteiger partial charge in [0, 0.05) is 6.54 Å². The van der Waals surface area contributed by atoms with E-state index in [0.29, 0.717) is 16.8 Å². The molecule has 8 heteroatoms. The molecule has 0 radical (unpaired) electrons. The molecule has 0 aliphatic carbocycles. The number of benzene rings is 2. The summed E-state index contributed by atoms with van der Waals surface area (Å²) in [7, 11) is -3.97. The number of nitrogens with zero attached hydrogens (tertiary/aromatic N) is 2. The molecule has 0 atom stereocenters. The summed E-state index contributed by atoms with van der Waals surface area (Å²) < 4.78 is 57.1. The average molecular weight is 354 g/mol. The third-order valence-electron chi connectivity index (χ3n) is 3.27. The highest BCUT2D eigenvalue weighted by Gasteiger charge is 2.14. The van der Waals surface area contributed by atoms with Gasteiger partial charge in [0.05, 0.1) is 15.1 Å². The predicted molar refractivity (Wildman–Crippen MR) is 84.6 cm³/mol. The number of hydrogen-bond acceptors (Lipinski definition) is 3. The van der Waals surface area contributed by atoms with Crippen molar-refractivity contribution in [1.29, 1.82) is 0 Å². The topological polar surface area (TPSA) is 51.4 Å². The molecule has 0 aliphatic heterocycles. The minimum atomic E-state index is -3.97. The van der Waals surface area contributed by atoms with E-state index in [9.17, 15) is 17.2 Å². The summed E-state index contributed by atoms with van der Waals surface area (Å²) in [6.45, 7) is 2.34. The average Bonchev–Trinajstić information content (AvgIpc) is 2.82. The second-order valence-corrected chi connectivity index (χ2v) is 7.37. The molecule has 0 saturated carbocycles. The van der Waals surface area contributed by atoms with Crippen LogP contribution in [0.2, 0.25) is 0 Å². The monoisotopic (exact) mass is 354 g/mol. The molecule has 0 fully saturated rings. The fourth-order valence-corrected chi connectivity index (χ4v) is 4.51. The third-order valence-corrected chi connectivity index (χ3v) is 5.71. The Hall–Kier alpha value is -2.06. The van der Waals surface area contributed by atoms with Crippen molar-refractivity contribution >= 4 is 31.6 Å². The smallest absolute Gasteiger partial charge is 0.285 e. The molecule has 1 heterocycles. The molecule has 23 heavy (non-hydrogen) atoms. The number of thiazole rings is 1. The largest absolute Gasteiger partial charge is 0.316 e. The minimum absolute atomic E-state index is 0.0924. The van der Waals surface area contributed by atoms with Crippen LogP contribution in [0.1, 0.15) is 6.92 Å². The molecule has 0 spiro atoms. The number of hydrogen-bond donors (Lipinski definition) is 0. The second-order valence-electron chi connectivity index (χ2n) is 4.76. The molecule has 120 valence electrons. The van der Waals surface area contributed by atoms with Gasteiger partial charge in [0.1, 0.15) is 11.6 Å². The van der Waals surface area contributed by atoms with E-state index in [4.69, 9.17) is 0 Å². The molecule has 0 aliphatic rings. The lowest BCUT2D eigenvalue weighted by atomic mass is 10.3. The Bertz CT molecular complexity index is 1040. The summed E-state index contributed by atoms with van der Waals surface area (Å²) >= 11 is 1.09. The zero-order valence-corrected chi connectivity index (χ0v) is 13.7. The fraction of sp³-hybridized carbons (Fsp3) is 0.133. The van der Waals surface area contributed by atoms with Crippen LogP contribution in [0.5, 0.6) is 0 Å². The van der Waals surface area contributed by atoms with Crippen molar-refractivity contribution in [3.8, 4) is 0 Å². The summed E-state index contributed by atoms with van der Waals surface area (Å²) in [5, 5.41) is 0. The molecular weight excluding hydrogens is 342 g/mol. The summed E-state index contributed by atoms with van der Waals surface area (Å²) in [5.41, 5.74) is 0.715. The van der Waals surface area contributed by atoms with Crippen molar-refractivity contribution in [3.63, 3.8) is 0 Å². The quantitative estimate of drug-likeness (QED) is 0.725. The van der Waals surface area contributed by atoms with Gasteiger partial charge in [-0.1, -0.05) is 11.3 Å². The molecule has 0 bridgehead atoms. The summed E-state index contributed by atoms with van der Waals surface area (Å²) in [6.07, 6.45) is 0. The Kier molecular flexibility index (Phi) is 4.03. The Morgan fingerprint density at radius 1 is 1.09 bits per heavy atom. The molecule has 1 aromatic heterocycles. The van der Waals surface area contributed by atoms with E-state index >= 15 is 0 Å². The first-order valence-corrected chi connectivity index (χ1v) is 9.02. The van der Waals surface area contributed by atoms with E-state index in [2.05, 4.69) is 4.40 Å². The van der Waals surface area contributed by atoms with Crippen LogP contribution in [0.3, 0.4) is 0 Å². The highest BCUT2D eigenvalue weighted by molar-refractivity contribution is 7.90. The zero-order chi connectivity index (χ0) is 16.6. The van der Waals surface area contributed by atoms with Crippen molar-refractivity contribution < 1.29 is 17.2 Å². The Morgan fingerprint density at radius 2 is 1.74 bits per heavy atom. The minimum Gasteiger partial charge on any atom is -0.316 e. The fourth-order valence-electron chi connectivity index (χ4n) is 2.18. The molecule has 4 nitrogen and oxygen atoms in total. The molecular formula is C15H12F2N2O2S2. The van der Waals surface area contributed by atoms with Crippen molar-refractivity contribution in [2.75, 3.05) is 0 Å². The number of aromatic nitrogens is 1. The maximum atomic E-state index is 13.3. The SMILES string of the molecule is CCn1/c(=N/S(=O)(=O)c2ccc(F)cc2)sc2cc(F)ccc21. The van der Waals surface area contributed by atoms with Crippen molar-refractivity contribution in [2.24, 2.45) is 4.40 Å². The van der Waals surface area contributed by atoms with Gasteiger partial charge in [0.25, 0.3) is 10.0 Å². The molecule has 2 aromatic carbocycles. The molecule has 3 rings (SSSR count). The van der Waals surface area contributed by atoms with E-state index in [1.54, 1.807) is 10.6 Å². The van der Waals surface area contributed by atoms with Gasteiger partial charge in [0.15, 0.2) is 0 Å². The van der Waals surface area contributed by atoms with Crippen LogP contribution in [0.25, 0.3) is 10.2 Å². The normalized spacial score (nSPS) is 12.9. The lowest BCUT2D eigenvalue weighted by molar-refractivity contribution is 0.594. The van der Waals surface area contributed by atoms with Crippen LogP contribution in [-0.4, -0.2) is 13.0 Å². The van der Waals surface area contributed by atoms with Crippen LogP contribution in [0.15, 0.2) is 51.8 Å². The van der Waals surface area contributed by atoms with Gasteiger partial charge < -0.3 is 4.57 Å². The van der Waals surface area contributed by atoms with Gasteiger partial charge in [-0.2, -0.15) is 8.42 Å². The Balaban J connectivity index is 2.22. The molecule has 0 N–H and O–H groups in total. The molecule has 3 aromatic rings. The van der Waals surface area contributed by atoms with Gasteiger partial charge in [0.2, 0.25) is 4.80 Å². The first kappa shape index (κ1) is 15.8. The lowest BCUT2D eigenvalue weighted by Gasteiger charge is -2.01. The van der Waals surface area contributed by atoms with E-state index < -0.39 is 21.7 Å². The second kappa shape index (κ2) is 5.86. The number of fused-ring (bicyclic) bond motifs is 1. The number of sulfonamides is 1. The first-order chi connectivity index (χ1) is 10.9. The van der Waals surface area contributed by atoms with Crippen LogP contribution in [0, 0.1) is 11.6 Å². The number of halogens is 2. The zero-order valence-electron chi connectivity index (χ0n) is 12.0. The lowest BCUT2D eigenvalue weighted by Crippen LogP contribution is -2.16. The highest BCUT2D eigenvalue weighted by atomic mass is 32.2. The van der Waals surface area contributed by atoms with Gasteiger partial charge >= 0.3 is 0 Å². The molecule has 0 unspecified atom stereocenters. The van der Waals surface area contributed by atoms with Gasteiger partial charge in [-0.15, -0.1) is 4.40 Å². The van der Waals surface area contributed by atoms with Gasteiger partial charge in [-0.3, -0.25) is 0 Å².